The van der Waals surface area contributed by atoms with Gasteiger partial charge in [-0.05, 0) is 68.1 Å². The zero-order valence-corrected chi connectivity index (χ0v) is 24.4. The number of hydrogen-bond donors (Lipinski definition) is 1. The maximum atomic E-state index is 14.0. The number of anilines is 1. The molecule has 9 heteroatoms. The number of halogens is 1. The average molecular weight is 570 g/mol. The third kappa shape index (κ3) is 7.61. The third-order valence-corrected chi connectivity index (χ3v) is 8.71. The summed E-state index contributed by atoms with van der Waals surface area (Å²) in [6.45, 7) is 7.09. The minimum Gasteiger partial charge on any atom is -0.352 e. The van der Waals surface area contributed by atoms with Gasteiger partial charge in [-0.3, -0.25) is 13.9 Å². The number of para-hydroxylation sites is 1. The van der Waals surface area contributed by atoms with Crippen molar-refractivity contribution in [2.75, 3.05) is 10.8 Å². The fourth-order valence-electron chi connectivity index (χ4n) is 4.12. The van der Waals surface area contributed by atoms with Crippen LogP contribution < -0.4 is 9.62 Å². The van der Waals surface area contributed by atoms with Gasteiger partial charge in [-0.15, -0.1) is 0 Å². The fourth-order valence-corrected chi connectivity index (χ4v) is 5.72. The normalized spacial score (nSPS) is 12.8. The van der Waals surface area contributed by atoms with Crippen molar-refractivity contribution < 1.29 is 18.0 Å². The summed E-state index contributed by atoms with van der Waals surface area (Å²) in [7, 11) is -4.09. The van der Waals surface area contributed by atoms with Crippen LogP contribution in [-0.2, 0) is 32.6 Å². The van der Waals surface area contributed by atoms with Crippen molar-refractivity contribution >= 4 is 39.1 Å². The van der Waals surface area contributed by atoms with Crippen molar-refractivity contribution in [1.29, 1.82) is 0 Å². The van der Waals surface area contributed by atoms with E-state index in [2.05, 4.69) is 5.32 Å². The highest BCUT2D eigenvalue weighted by Crippen LogP contribution is 2.28. The molecule has 208 valence electrons. The number of carbonyl (C=O) groups excluding carboxylic acids is 2. The molecule has 2 atom stereocenters. The second-order valence-corrected chi connectivity index (χ2v) is 11.7. The van der Waals surface area contributed by atoms with Gasteiger partial charge >= 0.3 is 0 Å². The molecule has 0 fully saturated rings. The first-order chi connectivity index (χ1) is 18.6. The zero-order valence-electron chi connectivity index (χ0n) is 22.8. The second-order valence-electron chi connectivity index (χ2n) is 9.45. The van der Waals surface area contributed by atoms with Crippen LogP contribution in [-0.4, -0.2) is 43.8 Å². The molecule has 7 nitrogen and oxygen atoms in total. The van der Waals surface area contributed by atoms with Gasteiger partial charge in [-0.2, -0.15) is 0 Å². The maximum Gasteiger partial charge on any atom is 0.264 e. The van der Waals surface area contributed by atoms with Gasteiger partial charge in [0.15, 0.2) is 0 Å². The Balaban J connectivity index is 2.04. The van der Waals surface area contributed by atoms with Crippen LogP contribution in [0, 0.1) is 0 Å². The lowest BCUT2D eigenvalue weighted by Crippen LogP contribution is -2.52. The van der Waals surface area contributed by atoms with E-state index in [1.165, 1.54) is 17.0 Å². The molecular formula is C30H36ClN3O4S. The van der Waals surface area contributed by atoms with Crippen LogP contribution in [0.1, 0.15) is 45.2 Å². The van der Waals surface area contributed by atoms with Crippen LogP contribution in [0.3, 0.4) is 0 Å². The van der Waals surface area contributed by atoms with Gasteiger partial charge in [0.05, 0.1) is 10.6 Å². The number of amides is 2. The van der Waals surface area contributed by atoms with Crippen molar-refractivity contribution in [3.05, 3.63) is 95.0 Å². The molecule has 39 heavy (non-hydrogen) atoms. The molecule has 0 aliphatic rings. The summed E-state index contributed by atoms with van der Waals surface area (Å²) < 4.78 is 29.0. The topological polar surface area (TPSA) is 86.8 Å². The Kier molecular flexibility index (Phi) is 10.5. The van der Waals surface area contributed by atoms with Crippen LogP contribution in [0.2, 0.25) is 5.02 Å². The molecule has 0 aromatic heterocycles. The fraction of sp³-hybridized carbons (Fsp3) is 0.333. The Morgan fingerprint density at radius 1 is 0.897 bits per heavy atom. The standard InChI is InChI=1S/C30H36ClN3O4S/c1-5-22(3)32-30(36)23(4)33(20-24-16-18-26(31)19-17-24)29(35)21-34(28-15-11-10-12-25(28)6-2)39(37,38)27-13-8-7-9-14-27/h7-19,22-23H,5-6,20-21H2,1-4H3,(H,32,36)/t22-,23-/m0/s1. The number of nitrogens with zero attached hydrogens (tertiary/aromatic N) is 2. The Hall–Kier alpha value is -3.36. The molecule has 0 radical (unpaired) electrons. The number of nitrogens with one attached hydrogen (secondary N) is 1. The predicted octanol–water partition coefficient (Wildman–Crippen LogP) is 5.43. The Bertz CT molecular complexity index is 1360. The van der Waals surface area contributed by atoms with Crippen LogP contribution >= 0.6 is 11.6 Å². The molecule has 0 saturated heterocycles. The number of rotatable bonds is 12. The first kappa shape index (κ1) is 30.2. The van der Waals surface area contributed by atoms with Gasteiger partial charge in [0.2, 0.25) is 11.8 Å². The van der Waals surface area contributed by atoms with Gasteiger partial charge in [-0.1, -0.05) is 74.0 Å². The minimum atomic E-state index is -4.09. The summed E-state index contributed by atoms with van der Waals surface area (Å²) >= 11 is 6.05. The molecule has 0 aliphatic carbocycles. The molecule has 3 rings (SSSR count). The van der Waals surface area contributed by atoms with E-state index in [1.54, 1.807) is 61.5 Å². The lowest BCUT2D eigenvalue weighted by molar-refractivity contribution is -0.139. The summed E-state index contributed by atoms with van der Waals surface area (Å²) in [5.41, 5.74) is 1.99. The smallest absolute Gasteiger partial charge is 0.264 e. The number of sulfonamides is 1. The summed E-state index contributed by atoms with van der Waals surface area (Å²) in [4.78, 5) is 28.6. The Morgan fingerprint density at radius 2 is 1.51 bits per heavy atom. The largest absolute Gasteiger partial charge is 0.352 e. The van der Waals surface area contributed by atoms with Crippen molar-refractivity contribution in [1.82, 2.24) is 10.2 Å². The molecule has 0 bridgehead atoms. The lowest BCUT2D eigenvalue weighted by atomic mass is 10.1. The molecule has 3 aromatic rings. The van der Waals surface area contributed by atoms with Crippen molar-refractivity contribution in [3.63, 3.8) is 0 Å². The van der Waals surface area contributed by atoms with Crippen LogP contribution in [0.15, 0.2) is 83.8 Å². The monoisotopic (exact) mass is 569 g/mol. The summed E-state index contributed by atoms with van der Waals surface area (Å²) in [6.07, 6.45) is 1.31. The van der Waals surface area contributed by atoms with Gasteiger partial charge in [0, 0.05) is 17.6 Å². The van der Waals surface area contributed by atoms with Crippen LogP contribution in [0.25, 0.3) is 0 Å². The van der Waals surface area contributed by atoms with Crippen LogP contribution in [0.5, 0.6) is 0 Å². The first-order valence-electron chi connectivity index (χ1n) is 13.1. The Labute approximate surface area is 236 Å². The van der Waals surface area contributed by atoms with E-state index in [1.807, 2.05) is 32.9 Å². The molecule has 0 unspecified atom stereocenters. The maximum absolute atomic E-state index is 14.0. The van der Waals surface area contributed by atoms with Gasteiger partial charge in [0.1, 0.15) is 12.6 Å². The van der Waals surface area contributed by atoms with E-state index in [0.717, 1.165) is 21.9 Å². The van der Waals surface area contributed by atoms with Crippen molar-refractivity contribution in [3.8, 4) is 0 Å². The van der Waals surface area contributed by atoms with Crippen LogP contribution in [0.4, 0.5) is 5.69 Å². The zero-order chi connectivity index (χ0) is 28.6. The van der Waals surface area contributed by atoms with Gasteiger partial charge < -0.3 is 10.2 Å². The quantitative estimate of drug-likeness (QED) is 0.315. The minimum absolute atomic E-state index is 0.0705. The molecule has 3 aromatic carbocycles. The van der Waals surface area contributed by atoms with E-state index in [0.29, 0.717) is 17.1 Å². The molecular weight excluding hydrogens is 534 g/mol. The molecule has 0 spiro atoms. The highest BCUT2D eigenvalue weighted by Gasteiger charge is 2.33. The van der Waals surface area contributed by atoms with E-state index >= 15 is 0 Å². The molecule has 2 amide bonds. The van der Waals surface area contributed by atoms with Crippen molar-refractivity contribution in [2.45, 2.75) is 64.1 Å². The highest BCUT2D eigenvalue weighted by molar-refractivity contribution is 7.92. The molecule has 1 N–H and O–H groups in total. The number of aryl methyl sites for hydroxylation is 1. The SMILES string of the molecule is CCc1ccccc1N(CC(=O)N(Cc1ccc(Cl)cc1)[C@@H](C)C(=O)N[C@@H](C)CC)S(=O)(=O)c1ccccc1. The Morgan fingerprint density at radius 3 is 2.13 bits per heavy atom. The molecule has 0 saturated carbocycles. The van der Waals surface area contributed by atoms with Crippen molar-refractivity contribution in [2.24, 2.45) is 0 Å². The van der Waals surface area contributed by atoms with E-state index in [-0.39, 0.29) is 23.4 Å². The van der Waals surface area contributed by atoms with E-state index in [4.69, 9.17) is 11.6 Å². The number of hydrogen-bond acceptors (Lipinski definition) is 4. The lowest BCUT2D eigenvalue weighted by Gasteiger charge is -2.33. The second kappa shape index (κ2) is 13.6. The number of benzene rings is 3. The molecule has 0 heterocycles. The van der Waals surface area contributed by atoms with E-state index in [9.17, 15) is 18.0 Å². The van der Waals surface area contributed by atoms with Gasteiger partial charge in [-0.25, -0.2) is 8.42 Å². The number of carbonyl (C=O) groups is 2. The average Bonchev–Trinajstić information content (AvgIpc) is 2.95. The summed E-state index contributed by atoms with van der Waals surface area (Å²) in [6, 6.07) is 21.3. The van der Waals surface area contributed by atoms with Gasteiger partial charge in [0.25, 0.3) is 10.0 Å². The highest BCUT2D eigenvalue weighted by atomic mass is 35.5. The van der Waals surface area contributed by atoms with E-state index < -0.39 is 28.5 Å². The third-order valence-electron chi connectivity index (χ3n) is 6.69. The summed E-state index contributed by atoms with van der Waals surface area (Å²) in [5, 5.41) is 3.48. The first-order valence-corrected chi connectivity index (χ1v) is 14.9. The predicted molar refractivity (Wildman–Crippen MR) is 156 cm³/mol. The summed E-state index contributed by atoms with van der Waals surface area (Å²) in [5.74, 6) is -0.805. The molecule has 0 aliphatic heterocycles.